The van der Waals surface area contributed by atoms with Gasteiger partial charge in [0.1, 0.15) is 12.4 Å². The van der Waals surface area contributed by atoms with Gasteiger partial charge in [0, 0.05) is 0 Å². The second-order valence-corrected chi connectivity index (χ2v) is 8.32. The van der Waals surface area contributed by atoms with Crippen molar-refractivity contribution in [2.24, 2.45) is 0 Å². The van der Waals surface area contributed by atoms with E-state index in [2.05, 4.69) is 0 Å². The van der Waals surface area contributed by atoms with Crippen LogP contribution in [0.1, 0.15) is 34.1 Å². The number of aliphatic carboxylic acids is 1. The van der Waals surface area contributed by atoms with Gasteiger partial charge in [-0.25, -0.2) is 0 Å². The van der Waals surface area contributed by atoms with Crippen LogP contribution >= 0.6 is 0 Å². The number of hydrogen-bond acceptors (Lipinski definition) is 8. The number of carbonyl (C=O) groups is 1. The minimum atomic E-state index is -0.966. The topological polar surface area (TPSA) is 113 Å². The fourth-order valence-electron chi connectivity index (χ4n) is 2.14. The fraction of sp³-hybridized carbons (Fsp3) is 0.696. The Kier molecular flexibility index (Phi) is 14.3. The van der Waals surface area contributed by atoms with E-state index in [4.69, 9.17) is 33.4 Å². The first-order chi connectivity index (χ1) is 15.6. The van der Waals surface area contributed by atoms with Crippen molar-refractivity contribution in [1.29, 1.82) is 0 Å². The maximum atomic E-state index is 10.3. The molecule has 1 aromatic carbocycles. The molecule has 9 nitrogen and oxygen atoms in total. The van der Waals surface area contributed by atoms with Crippen molar-refractivity contribution in [1.82, 2.24) is 0 Å². The van der Waals surface area contributed by atoms with Gasteiger partial charge in [0.2, 0.25) is 0 Å². The lowest BCUT2D eigenvalue weighted by Gasteiger charge is -2.37. The Morgan fingerprint density at radius 2 is 1.24 bits per heavy atom. The Bertz CT molecular complexity index is 644. The molecule has 0 atom stereocenters. The highest BCUT2D eigenvalue weighted by molar-refractivity contribution is 6.47. The lowest BCUT2D eigenvalue weighted by atomic mass is 9.82. The number of carboxylic acid groups (broad SMARTS) is 1. The smallest absolute Gasteiger partial charge is 0.330 e. The molecule has 33 heavy (non-hydrogen) atoms. The number of hydrogen-bond donors (Lipinski definition) is 2. The van der Waals surface area contributed by atoms with Crippen LogP contribution in [0.4, 0.5) is 0 Å². The number of ether oxygens (including phenoxy) is 5. The molecule has 0 fully saturated rings. The third-order valence-electron chi connectivity index (χ3n) is 4.92. The first-order valence-electron chi connectivity index (χ1n) is 11.1. The number of rotatable bonds is 20. The van der Waals surface area contributed by atoms with E-state index < -0.39 is 17.2 Å². The zero-order valence-corrected chi connectivity index (χ0v) is 20.2. The van der Waals surface area contributed by atoms with Crippen molar-refractivity contribution in [2.45, 2.75) is 45.3 Å². The molecule has 0 aromatic heterocycles. The molecular formula is C23H38BO9. The Balaban J connectivity index is 1.97. The molecule has 0 saturated heterocycles. The predicted octanol–water partition coefficient (Wildman–Crippen LogP) is 1.42. The second kappa shape index (κ2) is 16.0. The molecule has 0 heterocycles. The van der Waals surface area contributed by atoms with Crippen molar-refractivity contribution in [3.05, 3.63) is 24.3 Å². The van der Waals surface area contributed by atoms with Crippen molar-refractivity contribution in [3.63, 3.8) is 0 Å². The van der Waals surface area contributed by atoms with Gasteiger partial charge in [-0.15, -0.1) is 0 Å². The standard InChI is InChI=1S/C23H38BO9/c1-22(2,27)23(3,4)33-24-19-5-7-20(8-6-19)32-18-17-31-16-15-30-14-13-29-12-11-28-10-9-21(25)26/h5-8,27H,9-18H2,1-4H3,(H,25,26). The zero-order valence-electron chi connectivity index (χ0n) is 20.2. The van der Waals surface area contributed by atoms with Gasteiger partial charge in [0.25, 0.3) is 0 Å². The number of benzene rings is 1. The molecule has 0 aliphatic heterocycles. The molecule has 0 bridgehead atoms. The third kappa shape index (κ3) is 14.2. The van der Waals surface area contributed by atoms with E-state index in [1.54, 1.807) is 21.3 Å². The monoisotopic (exact) mass is 469 g/mol. The van der Waals surface area contributed by atoms with E-state index in [0.29, 0.717) is 52.9 Å². The van der Waals surface area contributed by atoms with Gasteiger partial charge in [-0.1, -0.05) is 17.6 Å². The molecule has 187 valence electrons. The molecule has 10 heteroatoms. The van der Waals surface area contributed by atoms with Crippen LogP contribution in [0.25, 0.3) is 0 Å². The van der Waals surface area contributed by atoms with Crippen LogP contribution in [-0.2, 0) is 28.4 Å². The van der Waals surface area contributed by atoms with Gasteiger partial charge < -0.3 is 38.6 Å². The summed E-state index contributed by atoms with van der Waals surface area (Å²) in [6.07, 6.45) is -0.00192. The van der Waals surface area contributed by atoms with Gasteiger partial charge in [0.05, 0.1) is 70.5 Å². The highest BCUT2D eigenvalue weighted by Crippen LogP contribution is 2.24. The summed E-state index contributed by atoms with van der Waals surface area (Å²) in [5, 5.41) is 18.6. The van der Waals surface area contributed by atoms with E-state index in [9.17, 15) is 9.90 Å². The summed E-state index contributed by atoms with van der Waals surface area (Å²) < 4.78 is 32.7. The largest absolute Gasteiger partial charge is 0.491 e. The molecule has 0 saturated carbocycles. The Labute approximate surface area is 197 Å². The lowest BCUT2D eigenvalue weighted by molar-refractivity contribution is -0.138. The summed E-state index contributed by atoms with van der Waals surface area (Å²) in [6.45, 7) is 10.8. The highest BCUT2D eigenvalue weighted by atomic mass is 16.6. The van der Waals surface area contributed by atoms with Crippen LogP contribution in [0, 0.1) is 0 Å². The molecule has 0 aliphatic carbocycles. The second-order valence-electron chi connectivity index (χ2n) is 8.32. The van der Waals surface area contributed by atoms with Crippen LogP contribution < -0.4 is 10.2 Å². The normalized spacial score (nSPS) is 12.0. The predicted molar refractivity (Wildman–Crippen MR) is 124 cm³/mol. The van der Waals surface area contributed by atoms with Crippen LogP contribution in [-0.4, -0.2) is 94.3 Å². The Hall–Kier alpha value is -1.69. The van der Waals surface area contributed by atoms with Crippen molar-refractivity contribution < 1.29 is 43.3 Å². The van der Waals surface area contributed by atoms with Crippen LogP contribution in [0.5, 0.6) is 5.75 Å². The zero-order chi connectivity index (χ0) is 24.6. The quantitative estimate of drug-likeness (QED) is 0.216. The summed E-state index contributed by atoms with van der Waals surface area (Å²) in [6, 6.07) is 7.47. The summed E-state index contributed by atoms with van der Waals surface area (Å²) >= 11 is 0. The Morgan fingerprint density at radius 1 is 0.788 bits per heavy atom. The SMILES string of the molecule is CC(C)(O)C(C)(C)O[B]c1ccc(OCCOCCOCCOCCOCCC(=O)O)cc1. The third-order valence-corrected chi connectivity index (χ3v) is 4.92. The molecule has 0 spiro atoms. The fourth-order valence-corrected chi connectivity index (χ4v) is 2.14. The number of aliphatic hydroxyl groups is 1. The molecule has 0 aliphatic rings. The molecule has 1 radical (unpaired) electrons. The van der Waals surface area contributed by atoms with Gasteiger partial charge in [-0.05, 0) is 39.8 Å². The van der Waals surface area contributed by atoms with Gasteiger partial charge in [0.15, 0.2) is 0 Å². The van der Waals surface area contributed by atoms with Gasteiger partial charge in [-0.2, -0.15) is 0 Å². The maximum Gasteiger partial charge on any atom is 0.330 e. The van der Waals surface area contributed by atoms with E-state index in [1.807, 2.05) is 38.1 Å². The molecule has 0 amide bonds. The number of carboxylic acids is 1. The molecule has 2 N–H and O–H groups in total. The summed E-state index contributed by atoms with van der Waals surface area (Å²) in [7, 11) is 1.63. The van der Waals surface area contributed by atoms with Crippen LogP contribution in [0.15, 0.2) is 24.3 Å². The average molecular weight is 469 g/mol. The van der Waals surface area contributed by atoms with Gasteiger partial charge in [-0.3, -0.25) is 4.79 Å². The minimum absolute atomic E-state index is 0.00192. The van der Waals surface area contributed by atoms with E-state index in [-0.39, 0.29) is 13.0 Å². The molecular weight excluding hydrogens is 431 g/mol. The molecule has 0 unspecified atom stereocenters. The van der Waals surface area contributed by atoms with Crippen molar-refractivity contribution >= 4 is 18.9 Å². The van der Waals surface area contributed by atoms with Crippen molar-refractivity contribution in [3.8, 4) is 5.75 Å². The Morgan fingerprint density at radius 3 is 1.70 bits per heavy atom. The summed E-state index contributed by atoms with van der Waals surface area (Å²) in [5.74, 6) is -0.140. The highest BCUT2D eigenvalue weighted by Gasteiger charge is 2.35. The lowest BCUT2D eigenvalue weighted by Crippen LogP contribution is -2.49. The molecule has 1 aromatic rings. The average Bonchev–Trinajstić information content (AvgIpc) is 2.75. The maximum absolute atomic E-state index is 10.3. The van der Waals surface area contributed by atoms with Gasteiger partial charge >= 0.3 is 13.5 Å². The first kappa shape index (κ1) is 29.3. The van der Waals surface area contributed by atoms with E-state index in [1.165, 1.54) is 0 Å². The first-order valence-corrected chi connectivity index (χ1v) is 11.1. The van der Waals surface area contributed by atoms with E-state index in [0.717, 1.165) is 11.2 Å². The molecule has 1 rings (SSSR count). The van der Waals surface area contributed by atoms with E-state index >= 15 is 0 Å². The van der Waals surface area contributed by atoms with Crippen LogP contribution in [0.2, 0.25) is 0 Å². The minimum Gasteiger partial charge on any atom is -0.491 e. The summed E-state index contributed by atoms with van der Waals surface area (Å²) in [4.78, 5) is 10.3. The van der Waals surface area contributed by atoms with Crippen LogP contribution in [0.3, 0.4) is 0 Å². The summed E-state index contributed by atoms with van der Waals surface area (Å²) in [5.41, 5.74) is -0.801. The van der Waals surface area contributed by atoms with Crippen molar-refractivity contribution in [2.75, 3.05) is 59.5 Å².